The van der Waals surface area contributed by atoms with E-state index >= 15 is 0 Å². The van der Waals surface area contributed by atoms with E-state index in [0.717, 1.165) is 51.4 Å². The molecule has 0 bridgehead atoms. The van der Waals surface area contributed by atoms with E-state index in [0.29, 0.717) is 0 Å². The number of rotatable bonds is 10. The third-order valence-electron chi connectivity index (χ3n) is 3.50. The minimum absolute atomic E-state index is 0. The number of hydrogen-bond donors (Lipinski definition) is 4. The fourth-order valence-corrected chi connectivity index (χ4v) is 1.91. The molecular formula is C20H44O6Zr. The van der Waals surface area contributed by atoms with Crippen LogP contribution in [0.4, 0.5) is 0 Å². The van der Waals surface area contributed by atoms with E-state index in [1.807, 2.05) is 13.8 Å². The Hall–Kier alpha value is -0.257. The van der Waals surface area contributed by atoms with E-state index in [9.17, 15) is 9.59 Å². The second kappa shape index (κ2) is 33.3. The maximum Gasteiger partial charge on any atom is 0.306 e. The number of carboxylic acids is 2. The summed E-state index contributed by atoms with van der Waals surface area (Å²) in [5.41, 5.74) is 0. The molecule has 2 atom stereocenters. The Morgan fingerprint density at radius 1 is 0.667 bits per heavy atom. The molecule has 0 amide bonds. The van der Waals surface area contributed by atoms with Gasteiger partial charge in [-0.3, -0.25) is 9.59 Å². The van der Waals surface area contributed by atoms with Crippen molar-refractivity contribution >= 4 is 11.9 Å². The van der Waals surface area contributed by atoms with Gasteiger partial charge >= 0.3 is 11.9 Å². The Labute approximate surface area is 185 Å². The third-order valence-corrected chi connectivity index (χ3v) is 3.50. The monoisotopic (exact) mass is 470 g/mol. The average Bonchev–Trinajstić information content (AvgIpc) is 2.58. The van der Waals surface area contributed by atoms with Gasteiger partial charge in [-0.05, 0) is 39.5 Å². The zero-order chi connectivity index (χ0) is 21.4. The van der Waals surface area contributed by atoms with E-state index in [1.54, 1.807) is 13.8 Å². The smallest absolute Gasteiger partial charge is 0.306 e. The summed E-state index contributed by atoms with van der Waals surface area (Å²) in [4.78, 5) is 20.9. The van der Waals surface area contributed by atoms with Gasteiger partial charge in [0.05, 0.1) is 11.8 Å². The van der Waals surface area contributed by atoms with Crippen molar-refractivity contribution in [3.63, 3.8) is 0 Å². The van der Waals surface area contributed by atoms with Gasteiger partial charge in [-0.2, -0.15) is 0 Å². The van der Waals surface area contributed by atoms with Crippen molar-refractivity contribution < 1.29 is 56.2 Å². The quantitative estimate of drug-likeness (QED) is 0.371. The van der Waals surface area contributed by atoms with Crippen LogP contribution in [0, 0.1) is 11.8 Å². The number of carboxylic acid groups (broad SMARTS) is 2. The zero-order valence-electron chi connectivity index (χ0n) is 18.3. The van der Waals surface area contributed by atoms with Crippen LogP contribution in [-0.4, -0.2) is 45.6 Å². The Morgan fingerprint density at radius 2 is 0.889 bits per heavy atom. The van der Waals surface area contributed by atoms with Crippen LogP contribution in [0.25, 0.3) is 0 Å². The minimum Gasteiger partial charge on any atom is -0.481 e. The summed E-state index contributed by atoms with van der Waals surface area (Å²) in [6.45, 7) is 11.9. The molecule has 164 valence electrons. The molecule has 2 unspecified atom stereocenters. The van der Waals surface area contributed by atoms with E-state index in [4.69, 9.17) is 20.4 Å². The molecule has 0 rings (SSSR count). The first kappa shape index (κ1) is 37.5. The van der Waals surface area contributed by atoms with Crippen molar-refractivity contribution in [1.82, 2.24) is 0 Å². The van der Waals surface area contributed by atoms with Crippen molar-refractivity contribution in [3.05, 3.63) is 0 Å². The Morgan fingerprint density at radius 3 is 1.00 bits per heavy atom. The van der Waals surface area contributed by atoms with Gasteiger partial charge in [-0.25, -0.2) is 0 Å². The number of carbonyl (C=O) groups is 2. The summed E-state index contributed by atoms with van der Waals surface area (Å²) in [5, 5.41) is 32.3. The second-order valence-electron chi connectivity index (χ2n) is 5.80. The standard InChI is InChI=1S/2C8H16O2.2C2H6O.Zr/c2*1-3-5-6-7(4-2)8(9)10;2*1-2-3;/h2*7H,3-6H2,1-2H3,(H,9,10);2*3H,2H2,1H3;. The normalized spacial score (nSPS) is 11.0. The van der Waals surface area contributed by atoms with Gasteiger partial charge in [0.15, 0.2) is 0 Å². The van der Waals surface area contributed by atoms with Crippen LogP contribution in [0.2, 0.25) is 0 Å². The topological polar surface area (TPSA) is 115 Å². The number of unbranched alkanes of at least 4 members (excludes halogenated alkanes) is 2. The van der Waals surface area contributed by atoms with Crippen LogP contribution in [0.3, 0.4) is 0 Å². The van der Waals surface area contributed by atoms with Crippen LogP contribution < -0.4 is 0 Å². The molecule has 27 heavy (non-hydrogen) atoms. The molecule has 0 saturated heterocycles. The fraction of sp³-hybridized carbons (Fsp3) is 0.900. The average molecular weight is 472 g/mol. The van der Waals surface area contributed by atoms with Crippen molar-refractivity contribution in [2.75, 3.05) is 13.2 Å². The third kappa shape index (κ3) is 37.2. The van der Waals surface area contributed by atoms with Gasteiger partial charge in [-0.1, -0.05) is 53.4 Å². The molecular weight excluding hydrogens is 427 g/mol. The molecule has 0 fully saturated rings. The molecule has 6 nitrogen and oxygen atoms in total. The maximum absolute atomic E-state index is 10.4. The molecule has 0 saturated carbocycles. The van der Waals surface area contributed by atoms with Crippen LogP contribution in [0.15, 0.2) is 0 Å². The van der Waals surface area contributed by atoms with Crippen LogP contribution in [0.1, 0.15) is 92.9 Å². The molecule has 0 aliphatic rings. The minimum atomic E-state index is -0.643. The molecule has 0 aromatic heterocycles. The van der Waals surface area contributed by atoms with Crippen molar-refractivity contribution in [1.29, 1.82) is 0 Å². The molecule has 4 N–H and O–H groups in total. The molecule has 0 spiro atoms. The molecule has 0 aliphatic heterocycles. The van der Waals surface area contributed by atoms with Crippen LogP contribution in [0.5, 0.6) is 0 Å². The SMILES string of the molecule is CCCCC(CC)C(=O)O.CCCCC(CC)C(=O)O.CCO.CCO.[Zr]. The first-order valence-electron chi connectivity index (χ1n) is 9.94. The van der Waals surface area contributed by atoms with Crippen LogP contribution in [-0.2, 0) is 35.8 Å². The number of aliphatic carboxylic acids is 2. The molecule has 7 heteroatoms. The molecule has 0 radical (unpaired) electrons. The fourth-order valence-electron chi connectivity index (χ4n) is 1.91. The zero-order valence-corrected chi connectivity index (χ0v) is 20.8. The van der Waals surface area contributed by atoms with Gasteiger partial charge in [0.25, 0.3) is 0 Å². The number of aliphatic hydroxyl groups excluding tert-OH is 2. The summed E-state index contributed by atoms with van der Waals surface area (Å²) in [6, 6.07) is 0. The second-order valence-corrected chi connectivity index (χ2v) is 5.80. The Bertz CT molecular complexity index is 260. The summed E-state index contributed by atoms with van der Waals surface area (Å²) in [6.07, 6.45) is 7.43. The van der Waals surface area contributed by atoms with Crippen molar-refractivity contribution in [3.8, 4) is 0 Å². The predicted molar refractivity (Wildman–Crippen MR) is 107 cm³/mol. The molecule has 0 aliphatic carbocycles. The summed E-state index contributed by atoms with van der Waals surface area (Å²) in [7, 11) is 0. The van der Waals surface area contributed by atoms with Gasteiger partial charge in [0.2, 0.25) is 0 Å². The van der Waals surface area contributed by atoms with Crippen molar-refractivity contribution in [2.24, 2.45) is 11.8 Å². The maximum atomic E-state index is 10.4. The Balaban J connectivity index is -0.0000000899. The first-order valence-corrected chi connectivity index (χ1v) is 9.94. The summed E-state index contributed by atoms with van der Waals surface area (Å²) in [5.74, 6) is -1.51. The van der Waals surface area contributed by atoms with E-state index in [-0.39, 0.29) is 51.3 Å². The largest absolute Gasteiger partial charge is 0.481 e. The molecule has 0 heterocycles. The van der Waals surface area contributed by atoms with E-state index in [1.165, 1.54) is 0 Å². The first-order chi connectivity index (χ1) is 12.3. The molecule has 0 aromatic rings. The number of aliphatic hydroxyl groups is 2. The molecule has 0 aromatic carbocycles. The van der Waals surface area contributed by atoms with Crippen LogP contribution >= 0.6 is 0 Å². The van der Waals surface area contributed by atoms with Gasteiger partial charge in [0, 0.05) is 39.4 Å². The van der Waals surface area contributed by atoms with E-state index in [2.05, 4.69) is 13.8 Å². The Kier molecular flexibility index (Phi) is 46.3. The number of hydrogen-bond acceptors (Lipinski definition) is 4. The summed E-state index contributed by atoms with van der Waals surface area (Å²) >= 11 is 0. The van der Waals surface area contributed by atoms with Gasteiger partial charge < -0.3 is 20.4 Å². The van der Waals surface area contributed by atoms with Gasteiger partial charge in [0.1, 0.15) is 0 Å². The predicted octanol–water partition coefficient (Wildman–Crippen LogP) is 4.57. The van der Waals surface area contributed by atoms with Gasteiger partial charge in [-0.15, -0.1) is 0 Å². The summed E-state index contributed by atoms with van der Waals surface area (Å²) < 4.78 is 0. The van der Waals surface area contributed by atoms with Crippen molar-refractivity contribution in [2.45, 2.75) is 92.9 Å². The van der Waals surface area contributed by atoms with E-state index < -0.39 is 11.9 Å².